The minimum absolute atomic E-state index is 0.0871. The van der Waals surface area contributed by atoms with Crippen molar-refractivity contribution < 1.29 is 65.1 Å². The number of carbonyl (C=O) groups excluding carboxylic acids is 3. The summed E-state index contributed by atoms with van der Waals surface area (Å²) >= 11 is 0. The van der Waals surface area contributed by atoms with Crippen LogP contribution in [0.25, 0.3) is 21.8 Å². The third kappa shape index (κ3) is 14.8. The molecule has 0 aliphatic heterocycles. The molecule has 59 heavy (non-hydrogen) atoms. The molecule has 0 saturated heterocycles. The van der Waals surface area contributed by atoms with Crippen molar-refractivity contribution >= 4 is 49.6 Å². The number of esters is 1. The van der Waals surface area contributed by atoms with E-state index < -0.39 is 21.8 Å². The smallest absolute Gasteiger partial charge is 0.345 e. The lowest BCUT2D eigenvalue weighted by Crippen LogP contribution is -2.37. The van der Waals surface area contributed by atoms with Gasteiger partial charge in [-0.25, -0.2) is 4.79 Å². The molecule has 0 spiro atoms. The molecule has 4 aromatic rings. The first-order valence-corrected chi connectivity index (χ1v) is 21.3. The molecule has 0 aliphatic carbocycles. The summed E-state index contributed by atoms with van der Waals surface area (Å²) in [4.78, 5) is 38.9. The number of ether oxygens (including phenoxy) is 7. The minimum Gasteiger partial charge on any atom is -0.491 e. The van der Waals surface area contributed by atoms with Crippen LogP contribution in [0.4, 0.5) is 0 Å². The highest BCUT2D eigenvalue weighted by molar-refractivity contribution is 7.85. The maximum absolute atomic E-state index is 14.6. The second-order valence-electron chi connectivity index (χ2n) is 14.0. The van der Waals surface area contributed by atoms with Crippen molar-refractivity contribution in [3.63, 3.8) is 0 Å². The number of Topliss-reactive ketones (excluding diaryl/α,β-unsaturated/α-hetero) is 1. The molecule has 0 aliphatic rings. The Labute approximate surface area is 345 Å². The zero-order valence-electron chi connectivity index (χ0n) is 34.6. The predicted octanol–water partition coefficient (Wildman–Crippen LogP) is 5.36. The molecule has 0 radical (unpaired) electrons. The number of nitrogens with one attached hydrogen (secondary N) is 1. The Hall–Kier alpha value is -4.71. The van der Waals surface area contributed by atoms with Gasteiger partial charge in [-0.1, -0.05) is 6.42 Å². The molecule has 0 unspecified atom stereocenters. The zero-order valence-corrected chi connectivity index (χ0v) is 35.5. The van der Waals surface area contributed by atoms with Crippen molar-refractivity contribution in [1.29, 1.82) is 0 Å². The van der Waals surface area contributed by atoms with Gasteiger partial charge in [-0.2, -0.15) is 13.0 Å². The fraction of sp³-hybridized carbons (Fsp3) is 0.488. The maximum Gasteiger partial charge on any atom is 0.345 e. The van der Waals surface area contributed by atoms with Gasteiger partial charge in [0.05, 0.1) is 61.7 Å². The summed E-state index contributed by atoms with van der Waals surface area (Å²) < 4.78 is 74.3. The number of amides is 1. The highest BCUT2D eigenvalue weighted by Crippen LogP contribution is 2.33. The van der Waals surface area contributed by atoms with Crippen LogP contribution in [0.15, 0.2) is 48.5 Å². The number of nitrogens with zero attached hydrogens (tertiary/aromatic N) is 1. The molecule has 2 N–H and O–H groups in total. The van der Waals surface area contributed by atoms with E-state index in [1.165, 1.54) is 0 Å². The molecule has 322 valence electrons. The summed E-state index contributed by atoms with van der Waals surface area (Å²) in [5.41, 5.74) is 2.95. The summed E-state index contributed by atoms with van der Waals surface area (Å²) in [6.45, 7) is 8.48. The van der Waals surface area contributed by atoms with Crippen LogP contribution in [0.3, 0.4) is 0 Å². The van der Waals surface area contributed by atoms with Gasteiger partial charge in [0.15, 0.2) is 6.54 Å². The Balaban J connectivity index is 1.74. The van der Waals surface area contributed by atoms with E-state index in [-0.39, 0.29) is 43.4 Å². The third-order valence-corrected chi connectivity index (χ3v) is 10.1. The van der Waals surface area contributed by atoms with Crippen molar-refractivity contribution in [3.8, 4) is 17.2 Å². The predicted molar refractivity (Wildman–Crippen MR) is 221 cm³/mol. The molecule has 1 amide bonds. The average molecular weight is 842 g/mol. The lowest BCUT2D eigenvalue weighted by atomic mass is 10.0. The van der Waals surface area contributed by atoms with Crippen molar-refractivity contribution in [1.82, 2.24) is 5.32 Å². The molecule has 1 heterocycles. The second-order valence-corrected chi connectivity index (χ2v) is 15.6. The van der Waals surface area contributed by atoms with Crippen LogP contribution in [-0.4, -0.2) is 110 Å². The molecule has 16 heteroatoms. The Morgan fingerprint density at radius 3 is 1.76 bits per heavy atom. The van der Waals surface area contributed by atoms with Crippen LogP contribution in [0.2, 0.25) is 0 Å². The zero-order chi connectivity index (χ0) is 42.8. The van der Waals surface area contributed by atoms with Gasteiger partial charge in [0, 0.05) is 51.3 Å². The van der Waals surface area contributed by atoms with Crippen molar-refractivity contribution in [2.75, 3.05) is 79.4 Å². The van der Waals surface area contributed by atoms with E-state index in [4.69, 9.17) is 33.2 Å². The van der Waals surface area contributed by atoms with E-state index in [1.807, 2.05) is 4.57 Å². The molecule has 4 rings (SSSR count). The molecule has 0 fully saturated rings. The molecular formula is C43H57N2O13S+. The Morgan fingerprint density at radius 2 is 1.25 bits per heavy atom. The molecule has 0 saturated carbocycles. The van der Waals surface area contributed by atoms with E-state index in [9.17, 15) is 27.4 Å². The first kappa shape index (κ1) is 47.0. The van der Waals surface area contributed by atoms with Crippen LogP contribution in [0, 0.1) is 13.8 Å². The van der Waals surface area contributed by atoms with Gasteiger partial charge >= 0.3 is 5.97 Å². The number of aryl methyl sites for hydroxylation is 3. The number of unbranched alkanes of at least 4 members (excludes halogenated alkanes) is 2. The summed E-state index contributed by atoms with van der Waals surface area (Å²) in [6, 6.07) is 13.9. The molecule has 1 aromatic heterocycles. The monoisotopic (exact) mass is 841 g/mol. The Morgan fingerprint density at radius 1 is 0.712 bits per heavy atom. The molecule has 0 atom stereocenters. The highest BCUT2D eigenvalue weighted by atomic mass is 32.2. The van der Waals surface area contributed by atoms with E-state index in [0.717, 1.165) is 19.3 Å². The molecular weight excluding hydrogens is 785 g/mol. The number of pyridine rings is 1. The third-order valence-electron chi connectivity index (χ3n) is 9.31. The van der Waals surface area contributed by atoms with E-state index in [1.54, 1.807) is 83.5 Å². The number of rotatable bonds is 27. The van der Waals surface area contributed by atoms with Crippen LogP contribution in [0.1, 0.15) is 70.9 Å². The van der Waals surface area contributed by atoms with Crippen molar-refractivity contribution in [2.45, 2.75) is 59.4 Å². The van der Waals surface area contributed by atoms with Gasteiger partial charge in [0.2, 0.25) is 11.0 Å². The Kier molecular flexibility index (Phi) is 18.9. The van der Waals surface area contributed by atoms with Crippen LogP contribution in [0.5, 0.6) is 17.2 Å². The second kappa shape index (κ2) is 23.8. The van der Waals surface area contributed by atoms with Crippen molar-refractivity contribution in [3.05, 3.63) is 70.8 Å². The SMILES string of the molecule is COCCOCCOc1ccc2c(c1)c(C(=O)Oc1c(C)cc(C(=O)NCCCCCC(C)=O)cc1C)c1cc(OCCOCCOC)ccc1[n+]2CCCS(=O)(=O)O. The highest BCUT2D eigenvalue weighted by Gasteiger charge is 2.28. The normalized spacial score (nSPS) is 11.6. The van der Waals surface area contributed by atoms with Crippen molar-refractivity contribution in [2.24, 2.45) is 0 Å². The number of hydrogen-bond acceptors (Lipinski definition) is 12. The van der Waals surface area contributed by atoms with Crippen LogP contribution in [-0.2, 0) is 40.4 Å². The number of hydrogen-bond donors (Lipinski definition) is 2. The first-order chi connectivity index (χ1) is 28.3. The maximum atomic E-state index is 14.6. The summed E-state index contributed by atoms with van der Waals surface area (Å²) in [6.07, 6.45) is 2.97. The quantitative estimate of drug-likeness (QED) is 0.0196. The van der Waals surface area contributed by atoms with Crippen LogP contribution < -0.4 is 24.1 Å². The Bertz CT molecular complexity index is 2060. The fourth-order valence-electron chi connectivity index (χ4n) is 6.51. The van der Waals surface area contributed by atoms with Gasteiger partial charge in [-0.05, 0) is 81.1 Å². The molecule has 3 aromatic carbocycles. The topological polar surface area (TPSA) is 186 Å². The van der Waals surface area contributed by atoms with Gasteiger partial charge in [-0.15, -0.1) is 0 Å². The van der Waals surface area contributed by atoms with Gasteiger partial charge in [0.1, 0.15) is 36.2 Å². The van der Waals surface area contributed by atoms with Gasteiger partial charge in [-0.3, -0.25) is 9.35 Å². The lowest BCUT2D eigenvalue weighted by molar-refractivity contribution is -0.645. The van der Waals surface area contributed by atoms with Crippen LogP contribution >= 0.6 is 0 Å². The summed E-state index contributed by atoms with van der Waals surface area (Å²) in [5.74, 6) is -0.0548. The number of aromatic nitrogens is 1. The largest absolute Gasteiger partial charge is 0.491 e. The number of methoxy groups -OCH3 is 2. The first-order valence-electron chi connectivity index (χ1n) is 19.7. The fourth-order valence-corrected chi connectivity index (χ4v) is 7.01. The number of fused-ring (bicyclic) bond motifs is 2. The molecule has 15 nitrogen and oxygen atoms in total. The van der Waals surface area contributed by atoms with E-state index in [0.29, 0.717) is 108 Å². The summed E-state index contributed by atoms with van der Waals surface area (Å²) in [5, 5.41) is 3.85. The lowest BCUT2D eigenvalue weighted by Gasteiger charge is -2.16. The number of benzene rings is 3. The molecule has 0 bridgehead atoms. The number of ketones is 1. The van der Waals surface area contributed by atoms with Gasteiger partial charge in [0.25, 0.3) is 16.0 Å². The van der Waals surface area contributed by atoms with E-state index >= 15 is 0 Å². The van der Waals surface area contributed by atoms with E-state index in [2.05, 4.69) is 5.32 Å². The average Bonchev–Trinajstić information content (AvgIpc) is 3.19. The standard InChI is InChI=1S/C43H56N2O13S/c1-30-26-33(42(47)44-15-8-6-7-10-32(3)46)27-31(2)41(30)58-43(48)40-36-28-34(56-23-21-54-19-17-52-4)11-13-38(36)45(16-9-25-59(49,50)51)39-14-12-35(29-37(39)40)57-24-22-55-20-18-53-5/h11-14,26-29H,6-10,15-25H2,1-5H3,(H-,44,47,49,50,51)/p+1. The van der Waals surface area contributed by atoms with Gasteiger partial charge < -0.3 is 43.3 Å². The number of carbonyl (C=O) groups is 3. The minimum atomic E-state index is -4.24. The summed E-state index contributed by atoms with van der Waals surface area (Å²) in [7, 11) is -1.06.